The predicted molar refractivity (Wildman–Crippen MR) is 92.8 cm³/mol. The first kappa shape index (κ1) is 18.2. The SMILES string of the molecule is COc1ccc(C(CCC(C)C)NCC2(O)CCOCC2)cc1. The van der Waals surface area contributed by atoms with Crippen molar-refractivity contribution in [1.82, 2.24) is 5.32 Å². The molecule has 2 rings (SSSR count). The van der Waals surface area contributed by atoms with Gasteiger partial charge < -0.3 is 19.9 Å². The quantitative estimate of drug-likeness (QED) is 0.771. The molecule has 0 amide bonds. The van der Waals surface area contributed by atoms with E-state index in [-0.39, 0.29) is 6.04 Å². The molecule has 1 aliphatic heterocycles. The van der Waals surface area contributed by atoms with Gasteiger partial charge in [0.1, 0.15) is 5.75 Å². The van der Waals surface area contributed by atoms with Crippen LogP contribution < -0.4 is 10.1 Å². The van der Waals surface area contributed by atoms with Crippen molar-refractivity contribution in [2.24, 2.45) is 5.92 Å². The molecule has 4 heteroatoms. The lowest BCUT2D eigenvalue weighted by Gasteiger charge is -2.34. The summed E-state index contributed by atoms with van der Waals surface area (Å²) in [6.07, 6.45) is 3.64. The molecule has 1 aliphatic rings. The first-order chi connectivity index (χ1) is 11.0. The third-order valence-corrected chi connectivity index (χ3v) is 4.65. The van der Waals surface area contributed by atoms with Crippen molar-refractivity contribution in [3.63, 3.8) is 0 Å². The van der Waals surface area contributed by atoms with Crippen LogP contribution in [0.5, 0.6) is 5.75 Å². The first-order valence-electron chi connectivity index (χ1n) is 8.70. The van der Waals surface area contributed by atoms with Crippen molar-refractivity contribution in [2.45, 2.75) is 51.2 Å². The van der Waals surface area contributed by atoms with E-state index in [1.54, 1.807) is 7.11 Å². The van der Waals surface area contributed by atoms with Crippen LogP contribution in [0.15, 0.2) is 24.3 Å². The molecule has 1 saturated heterocycles. The number of rotatable bonds is 8. The van der Waals surface area contributed by atoms with Crippen LogP contribution >= 0.6 is 0 Å². The summed E-state index contributed by atoms with van der Waals surface area (Å²) in [6.45, 7) is 6.41. The highest BCUT2D eigenvalue weighted by molar-refractivity contribution is 5.29. The molecule has 1 fully saturated rings. The summed E-state index contributed by atoms with van der Waals surface area (Å²) < 4.78 is 10.6. The largest absolute Gasteiger partial charge is 0.497 e. The van der Waals surface area contributed by atoms with Crippen molar-refractivity contribution in [3.8, 4) is 5.75 Å². The monoisotopic (exact) mass is 321 g/mol. The van der Waals surface area contributed by atoms with E-state index in [1.165, 1.54) is 5.56 Å². The van der Waals surface area contributed by atoms with Crippen molar-refractivity contribution in [2.75, 3.05) is 26.9 Å². The molecular formula is C19H31NO3. The van der Waals surface area contributed by atoms with Gasteiger partial charge in [-0.25, -0.2) is 0 Å². The molecule has 4 nitrogen and oxygen atoms in total. The van der Waals surface area contributed by atoms with Crippen LogP contribution in [0.25, 0.3) is 0 Å². The minimum Gasteiger partial charge on any atom is -0.497 e. The lowest BCUT2D eigenvalue weighted by Crippen LogP contribution is -2.46. The molecule has 130 valence electrons. The van der Waals surface area contributed by atoms with Gasteiger partial charge in [0.25, 0.3) is 0 Å². The third kappa shape index (κ3) is 5.79. The van der Waals surface area contributed by atoms with Gasteiger partial charge in [0.05, 0.1) is 12.7 Å². The van der Waals surface area contributed by atoms with Gasteiger partial charge in [-0.1, -0.05) is 26.0 Å². The topological polar surface area (TPSA) is 50.7 Å². The molecule has 1 atom stereocenters. The van der Waals surface area contributed by atoms with Gasteiger partial charge in [0, 0.05) is 38.6 Å². The average Bonchev–Trinajstić information content (AvgIpc) is 2.55. The molecule has 0 aliphatic carbocycles. The average molecular weight is 321 g/mol. The van der Waals surface area contributed by atoms with Crippen molar-refractivity contribution in [3.05, 3.63) is 29.8 Å². The lowest BCUT2D eigenvalue weighted by molar-refractivity contribution is -0.0629. The van der Waals surface area contributed by atoms with Crippen molar-refractivity contribution in [1.29, 1.82) is 0 Å². The third-order valence-electron chi connectivity index (χ3n) is 4.65. The van der Waals surface area contributed by atoms with Gasteiger partial charge in [-0.05, 0) is 36.5 Å². The Morgan fingerprint density at radius 2 is 1.83 bits per heavy atom. The molecule has 0 bridgehead atoms. The molecule has 1 aromatic carbocycles. The van der Waals surface area contributed by atoms with E-state index in [2.05, 4.69) is 31.3 Å². The summed E-state index contributed by atoms with van der Waals surface area (Å²) in [7, 11) is 1.68. The summed E-state index contributed by atoms with van der Waals surface area (Å²) in [5.74, 6) is 1.54. The van der Waals surface area contributed by atoms with Crippen LogP contribution in [0.4, 0.5) is 0 Å². The minimum atomic E-state index is -0.638. The van der Waals surface area contributed by atoms with E-state index in [1.807, 2.05) is 12.1 Å². The summed E-state index contributed by atoms with van der Waals surface area (Å²) >= 11 is 0. The minimum absolute atomic E-state index is 0.259. The van der Waals surface area contributed by atoms with E-state index in [0.29, 0.717) is 38.5 Å². The molecule has 0 spiro atoms. The Bertz CT molecular complexity index is 452. The van der Waals surface area contributed by atoms with Crippen LogP contribution in [-0.2, 0) is 4.74 Å². The summed E-state index contributed by atoms with van der Waals surface area (Å²) in [6, 6.07) is 8.50. The molecule has 0 saturated carbocycles. The zero-order valence-corrected chi connectivity index (χ0v) is 14.7. The second kappa shape index (κ2) is 8.67. The Balaban J connectivity index is 2.00. The fourth-order valence-corrected chi connectivity index (χ4v) is 2.96. The summed E-state index contributed by atoms with van der Waals surface area (Å²) in [5, 5.41) is 14.3. The number of methoxy groups -OCH3 is 1. The number of aliphatic hydroxyl groups is 1. The number of benzene rings is 1. The lowest BCUT2D eigenvalue weighted by atomic mass is 9.92. The smallest absolute Gasteiger partial charge is 0.118 e. The number of hydrogen-bond acceptors (Lipinski definition) is 4. The van der Waals surface area contributed by atoms with Crippen LogP contribution in [0.3, 0.4) is 0 Å². The van der Waals surface area contributed by atoms with Gasteiger partial charge in [-0.3, -0.25) is 0 Å². The summed E-state index contributed by atoms with van der Waals surface area (Å²) in [4.78, 5) is 0. The van der Waals surface area contributed by atoms with E-state index in [0.717, 1.165) is 18.6 Å². The highest BCUT2D eigenvalue weighted by Gasteiger charge is 2.30. The van der Waals surface area contributed by atoms with Crippen LogP contribution in [0, 0.1) is 5.92 Å². The normalized spacial score (nSPS) is 18.8. The van der Waals surface area contributed by atoms with E-state index < -0.39 is 5.60 Å². The number of nitrogens with one attached hydrogen (secondary N) is 1. The van der Waals surface area contributed by atoms with Crippen molar-refractivity contribution >= 4 is 0 Å². The van der Waals surface area contributed by atoms with Crippen LogP contribution in [0.1, 0.15) is 51.1 Å². The summed E-state index contributed by atoms with van der Waals surface area (Å²) in [5.41, 5.74) is 0.614. The van der Waals surface area contributed by atoms with Crippen LogP contribution in [-0.4, -0.2) is 37.6 Å². The fourth-order valence-electron chi connectivity index (χ4n) is 2.96. The Kier molecular flexibility index (Phi) is 6.88. The maximum Gasteiger partial charge on any atom is 0.118 e. The maximum absolute atomic E-state index is 10.7. The molecule has 0 aromatic heterocycles. The fraction of sp³-hybridized carbons (Fsp3) is 0.684. The van der Waals surface area contributed by atoms with Crippen LogP contribution in [0.2, 0.25) is 0 Å². The van der Waals surface area contributed by atoms with E-state index in [9.17, 15) is 5.11 Å². The van der Waals surface area contributed by atoms with Gasteiger partial charge in [0.15, 0.2) is 0 Å². The number of hydrogen-bond donors (Lipinski definition) is 2. The van der Waals surface area contributed by atoms with Gasteiger partial charge >= 0.3 is 0 Å². The highest BCUT2D eigenvalue weighted by Crippen LogP contribution is 2.26. The van der Waals surface area contributed by atoms with E-state index >= 15 is 0 Å². The Morgan fingerprint density at radius 3 is 2.39 bits per heavy atom. The van der Waals surface area contributed by atoms with Crippen molar-refractivity contribution < 1.29 is 14.6 Å². The number of ether oxygens (including phenoxy) is 2. The highest BCUT2D eigenvalue weighted by atomic mass is 16.5. The molecule has 1 aromatic rings. The molecule has 2 N–H and O–H groups in total. The molecule has 1 unspecified atom stereocenters. The molecule has 0 radical (unpaired) electrons. The zero-order valence-electron chi connectivity index (χ0n) is 14.7. The van der Waals surface area contributed by atoms with E-state index in [4.69, 9.17) is 9.47 Å². The van der Waals surface area contributed by atoms with Gasteiger partial charge in [0.2, 0.25) is 0 Å². The second-order valence-corrected chi connectivity index (χ2v) is 7.01. The molecule has 1 heterocycles. The first-order valence-corrected chi connectivity index (χ1v) is 8.70. The second-order valence-electron chi connectivity index (χ2n) is 7.01. The zero-order chi connectivity index (χ0) is 16.7. The molecule has 23 heavy (non-hydrogen) atoms. The standard InChI is InChI=1S/C19H31NO3/c1-15(2)4-9-18(16-5-7-17(22-3)8-6-16)20-14-19(21)10-12-23-13-11-19/h5-8,15,18,20-21H,4,9-14H2,1-3H3. The van der Waals surface area contributed by atoms with Gasteiger partial charge in [-0.15, -0.1) is 0 Å². The predicted octanol–water partition coefficient (Wildman–Crippen LogP) is 3.30. The molecular weight excluding hydrogens is 290 g/mol. The van der Waals surface area contributed by atoms with Gasteiger partial charge in [-0.2, -0.15) is 0 Å². The Labute approximate surface area is 140 Å². The Morgan fingerprint density at radius 1 is 1.17 bits per heavy atom. The maximum atomic E-state index is 10.7. The Hall–Kier alpha value is -1.10.